The molecule has 0 saturated heterocycles. The second-order valence-corrected chi connectivity index (χ2v) is 2.04. The van der Waals surface area contributed by atoms with Crippen LogP contribution >= 0.6 is 0 Å². The quantitative estimate of drug-likeness (QED) is 0.466. The lowest BCUT2D eigenvalue weighted by Crippen LogP contribution is -1.94. The number of benzene rings is 1. The molecule has 0 amide bonds. The van der Waals surface area contributed by atoms with Gasteiger partial charge in [0.05, 0.1) is 6.61 Å². The minimum atomic E-state index is 0.578. The number of ether oxygens (including phenoxy) is 1. The van der Waals surface area contributed by atoms with Crippen LogP contribution in [0.1, 0.15) is 6.42 Å². The van der Waals surface area contributed by atoms with E-state index in [1.807, 2.05) is 18.2 Å². The number of hydrogen-bond acceptors (Lipinski definition) is 1. The van der Waals surface area contributed by atoms with E-state index in [2.05, 4.69) is 12.0 Å². The third-order valence-corrected chi connectivity index (χ3v) is 1.19. The zero-order valence-electron chi connectivity index (χ0n) is 6.21. The first-order chi connectivity index (χ1) is 5.43. The van der Waals surface area contributed by atoms with Crippen LogP contribution in [0.15, 0.2) is 24.3 Å². The molecule has 1 nitrogen and oxygen atoms in total. The lowest BCUT2D eigenvalue weighted by atomic mass is 10.3. The van der Waals surface area contributed by atoms with Gasteiger partial charge in [-0.2, -0.15) is 0 Å². The van der Waals surface area contributed by atoms with Gasteiger partial charge in [-0.1, -0.05) is 12.1 Å². The summed E-state index contributed by atoms with van der Waals surface area (Å²) in [5.74, 6) is 3.32. The average Bonchev–Trinajstić information content (AvgIpc) is 2.07. The van der Waals surface area contributed by atoms with Gasteiger partial charge in [-0.3, -0.25) is 0 Å². The topological polar surface area (TPSA) is 9.23 Å². The molecular formula is C10H9O. The summed E-state index contributed by atoms with van der Waals surface area (Å²) in [7, 11) is 0. The van der Waals surface area contributed by atoms with E-state index >= 15 is 0 Å². The Labute approximate surface area is 67.0 Å². The minimum absolute atomic E-state index is 0.578. The molecule has 55 valence electrons. The predicted octanol–water partition coefficient (Wildman–Crippen LogP) is 1.89. The number of terminal acetylenes is 1. The van der Waals surface area contributed by atoms with Crippen molar-refractivity contribution >= 4 is 0 Å². The zero-order chi connectivity index (χ0) is 7.94. The monoisotopic (exact) mass is 145 g/mol. The smallest absolute Gasteiger partial charge is 0.119 e. The van der Waals surface area contributed by atoms with Crippen LogP contribution in [0, 0.1) is 18.4 Å². The molecule has 0 bridgehead atoms. The minimum Gasteiger partial charge on any atom is -0.493 e. The van der Waals surface area contributed by atoms with Crippen molar-refractivity contribution < 1.29 is 4.74 Å². The summed E-state index contributed by atoms with van der Waals surface area (Å²) in [4.78, 5) is 0. The summed E-state index contributed by atoms with van der Waals surface area (Å²) < 4.78 is 5.27. The van der Waals surface area contributed by atoms with Gasteiger partial charge in [-0.25, -0.2) is 0 Å². The van der Waals surface area contributed by atoms with Crippen molar-refractivity contribution in [3.05, 3.63) is 30.3 Å². The highest BCUT2D eigenvalue weighted by atomic mass is 16.5. The fourth-order valence-electron chi connectivity index (χ4n) is 0.694. The molecule has 0 saturated carbocycles. The first-order valence-electron chi connectivity index (χ1n) is 3.46. The van der Waals surface area contributed by atoms with E-state index in [0.29, 0.717) is 13.0 Å². The Hall–Kier alpha value is -1.42. The number of rotatable bonds is 3. The highest BCUT2D eigenvalue weighted by Crippen LogP contribution is 2.07. The van der Waals surface area contributed by atoms with Crippen molar-refractivity contribution in [2.75, 3.05) is 6.61 Å². The van der Waals surface area contributed by atoms with Gasteiger partial charge in [0, 0.05) is 6.42 Å². The molecule has 0 spiro atoms. The molecule has 11 heavy (non-hydrogen) atoms. The standard InChI is InChI=1S/C10H9O/c1-2-3-9-11-10-7-5-4-6-8-10/h1,4-5,7-8H,3,9H2. The van der Waals surface area contributed by atoms with E-state index in [1.165, 1.54) is 0 Å². The maximum atomic E-state index is 5.27. The van der Waals surface area contributed by atoms with Gasteiger partial charge in [-0.05, 0) is 18.2 Å². The Balaban J connectivity index is 2.35. The van der Waals surface area contributed by atoms with Crippen molar-refractivity contribution in [1.29, 1.82) is 0 Å². The molecule has 1 aromatic rings. The highest BCUT2D eigenvalue weighted by molar-refractivity contribution is 5.19. The van der Waals surface area contributed by atoms with E-state index in [4.69, 9.17) is 11.2 Å². The van der Waals surface area contributed by atoms with Crippen LogP contribution in [-0.4, -0.2) is 6.61 Å². The van der Waals surface area contributed by atoms with Crippen LogP contribution in [0.2, 0.25) is 0 Å². The molecule has 1 radical (unpaired) electrons. The van der Waals surface area contributed by atoms with Gasteiger partial charge in [0.15, 0.2) is 0 Å². The lowest BCUT2D eigenvalue weighted by Gasteiger charge is -2.01. The van der Waals surface area contributed by atoms with Crippen LogP contribution in [0.3, 0.4) is 0 Å². The molecule has 0 aliphatic heterocycles. The van der Waals surface area contributed by atoms with Crippen molar-refractivity contribution in [2.45, 2.75) is 6.42 Å². The first-order valence-corrected chi connectivity index (χ1v) is 3.46. The highest BCUT2D eigenvalue weighted by Gasteiger charge is 1.87. The largest absolute Gasteiger partial charge is 0.493 e. The van der Waals surface area contributed by atoms with Crippen molar-refractivity contribution in [3.8, 4) is 18.1 Å². The maximum Gasteiger partial charge on any atom is 0.119 e. The molecule has 0 aliphatic rings. The molecule has 0 heterocycles. The molecule has 0 aliphatic carbocycles. The van der Waals surface area contributed by atoms with E-state index in [1.54, 1.807) is 6.07 Å². The molecule has 1 rings (SSSR count). The Morgan fingerprint density at radius 2 is 2.55 bits per heavy atom. The maximum absolute atomic E-state index is 5.27. The van der Waals surface area contributed by atoms with E-state index in [9.17, 15) is 0 Å². The van der Waals surface area contributed by atoms with Crippen molar-refractivity contribution in [2.24, 2.45) is 0 Å². The van der Waals surface area contributed by atoms with Crippen LogP contribution < -0.4 is 4.74 Å². The Morgan fingerprint density at radius 3 is 3.18 bits per heavy atom. The molecule has 0 unspecified atom stereocenters. The lowest BCUT2D eigenvalue weighted by molar-refractivity contribution is 0.327. The van der Waals surface area contributed by atoms with Crippen molar-refractivity contribution in [3.63, 3.8) is 0 Å². The van der Waals surface area contributed by atoms with E-state index in [0.717, 1.165) is 5.75 Å². The third kappa shape index (κ3) is 2.77. The molecule has 1 heteroatoms. The Bertz CT molecular complexity index is 233. The molecule has 0 atom stereocenters. The van der Waals surface area contributed by atoms with Gasteiger partial charge in [0.25, 0.3) is 0 Å². The predicted molar refractivity (Wildman–Crippen MR) is 44.2 cm³/mol. The summed E-state index contributed by atoms with van der Waals surface area (Å²) in [6, 6.07) is 10.3. The van der Waals surface area contributed by atoms with Crippen molar-refractivity contribution in [1.82, 2.24) is 0 Å². The van der Waals surface area contributed by atoms with Gasteiger partial charge >= 0.3 is 0 Å². The fourth-order valence-corrected chi connectivity index (χ4v) is 0.694. The summed E-state index contributed by atoms with van der Waals surface area (Å²) in [6.45, 7) is 0.578. The van der Waals surface area contributed by atoms with Gasteiger partial charge in [-0.15, -0.1) is 12.3 Å². The van der Waals surface area contributed by atoms with Crippen LogP contribution in [0.25, 0.3) is 0 Å². The Morgan fingerprint density at radius 1 is 1.64 bits per heavy atom. The summed E-state index contributed by atoms with van der Waals surface area (Å²) in [5.41, 5.74) is 0. The van der Waals surface area contributed by atoms with Crippen LogP contribution in [0.4, 0.5) is 0 Å². The second-order valence-electron chi connectivity index (χ2n) is 2.04. The average molecular weight is 145 g/mol. The SMILES string of the molecule is C#CCCOc1c[c]ccc1. The normalized spacial score (nSPS) is 8.64. The van der Waals surface area contributed by atoms with Crippen LogP contribution in [0.5, 0.6) is 5.75 Å². The van der Waals surface area contributed by atoms with Gasteiger partial charge in [0.1, 0.15) is 5.75 Å². The van der Waals surface area contributed by atoms with Crippen LogP contribution in [-0.2, 0) is 0 Å². The summed E-state index contributed by atoms with van der Waals surface area (Å²) in [6.07, 6.45) is 5.70. The molecule has 0 N–H and O–H groups in total. The Kier molecular flexibility index (Phi) is 3.08. The zero-order valence-corrected chi connectivity index (χ0v) is 6.21. The van der Waals surface area contributed by atoms with Gasteiger partial charge in [0.2, 0.25) is 0 Å². The second kappa shape index (κ2) is 4.40. The molecular weight excluding hydrogens is 136 g/mol. The molecule has 1 aromatic carbocycles. The van der Waals surface area contributed by atoms with E-state index in [-0.39, 0.29) is 0 Å². The number of hydrogen-bond donors (Lipinski definition) is 0. The van der Waals surface area contributed by atoms with E-state index < -0.39 is 0 Å². The fraction of sp³-hybridized carbons (Fsp3) is 0.200. The third-order valence-electron chi connectivity index (χ3n) is 1.19. The summed E-state index contributed by atoms with van der Waals surface area (Å²) >= 11 is 0. The summed E-state index contributed by atoms with van der Waals surface area (Å²) in [5, 5.41) is 0. The van der Waals surface area contributed by atoms with Gasteiger partial charge < -0.3 is 4.74 Å². The molecule has 0 fully saturated rings. The first kappa shape index (κ1) is 7.68. The molecule has 0 aromatic heterocycles.